The Morgan fingerprint density at radius 1 is 1.17 bits per heavy atom. The third-order valence-corrected chi connectivity index (χ3v) is 3.60. The van der Waals surface area contributed by atoms with Crippen molar-refractivity contribution in [2.24, 2.45) is 0 Å². The summed E-state index contributed by atoms with van der Waals surface area (Å²) in [5.74, 6) is 0.626. The van der Waals surface area contributed by atoms with Crippen LogP contribution in [0.2, 0.25) is 0 Å². The molecule has 0 spiro atoms. The maximum Gasteiger partial charge on any atom is 0.336 e. The van der Waals surface area contributed by atoms with Gasteiger partial charge >= 0.3 is 5.63 Å². The van der Waals surface area contributed by atoms with Gasteiger partial charge in [0.05, 0.1) is 42.9 Å². The molecule has 0 saturated heterocycles. The molecule has 5 heteroatoms. The second-order valence-corrected chi connectivity index (χ2v) is 5.47. The topological polar surface area (TPSA) is 61.8 Å². The first kappa shape index (κ1) is 15.4. The van der Waals surface area contributed by atoms with Crippen molar-refractivity contribution in [2.45, 2.75) is 20.5 Å². The second-order valence-electron chi connectivity index (χ2n) is 5.47. The molecular formula is C18H18O5. The first-order valence-electron chi connectivity index (χ1n) is 7.33. The van der Waals surface area contributed by atoms with Gasteiger partial charge in [-0.3, -0.25) is 0 Å². The van der Waals surface area contributed by atoms with Crippen molar-refractivity contribution < 1.29 is 18.3 Å². The molecule has 0 atom stereocenters. The number of fused-ring (bicyclic) bond motifs is 2. The van der Waals surface area contributed by atoms with Gasteiger partial charge in [-0.25, -0.2) is 4.79 Å². The van der Waals surface area contributed by atoms with Gasteiger partial charge in [0.2, 0.25) is 0 Å². The molecule has 0 amide bonds. The molecule has 3 rings (SSSR count). The highest BCUT2D eigenvalue weighted by molar-refractivity contribution is 6.04. The van der Waals surface area contributed by atoms with Crippen LogP contribution in [0.3, 0.4) is 0 Å². The lowest BCUT2D eigenvalue weighted by molar-refractivity contribution is 0.148. The third kappa shape index (κ3) is 2.87. The second kappa shape index (κ2) is 6.30. The molecule has 0 unspecified atom stereocenters. The summed E-state index contributed by atoms with van der Waals surface area (Å²) < 4.78 is 22.1. The number of ether oxygens (including phenoxy) is 2. The average molecular weight is 314 g/mol. The Morgan fingerprint density at radius 2 is 1.96 bits per heavy atom. The van der Waals surface area contributed by atoms with Crippen LogP contribution in [0.15, 0.2) is 49.7 Å². The number of furan rings is 1. The van der Waals surface area contributed by atoms with Gasteiger partial charge in [0.25, 0.3) is 0 Å². The maximum atomic E-state index is 11.6. The van der Waals surface area contributed by atoms with E-state index in [4.69, 9.17) is 18.3 Å². The van der Waals surface area contributed by atoms with E-state index in [0.29, 0.717) is 29.1 Å². The number of allylic oxidation sites excluding steroid dienone is 1. The van der Waals surface area contributed by atoms with Crippen molar-refractivity contribution in [3.05, 3.63) is 52.1 Å². The summed E-state index contributed by atoms with van der Waals surface area (Å²) >= 11 is 0. The van der Waals surface area contributed by atoms with Crippen molar-refractivity contribution in [3.63, 3.8) is 0 Å². The van der Waals surface area contributed by atoms with Crippen LogP contribution >= 0.6 is 0 Å². The van der Waals surface area contributed by atoms with Crippen molar-refractivity contribution in [3.8, 4) is 5.75 Å². The molecule has 0 radical (unpaired) electrons. The Kier molecular flexibility index (Phi) is 4.21. The summed E-state index contributed by atoms with van der Waals surface area (Å²) in [7, 11) is 1.58. The average Bonchev–Trinajstić information content (AvgIpc) is 2.99. The minimum atomic E-state index is -0.420. The largest absolute Gasteiger partial charge is 0.495 e. The normalized spacial score (nSPS) is 11.1. The molecule has 0 fully saturated rings. The van der Waals surface area contributed by atoms with Gasteiger partial charge in [0.1, 0.15) is 11.3 Å². The zero-order chi connectivity index (χ0) is 16.4. The Morgan fingerprint density at radius 3 is 2.70 bits per heavy atom. The van der Waals surface area contributed by atoms with E-state index in [1.165, 1.54) is 11.6 Å². The molecule has 23 heavy (non-hydrogen) atoms. The summed E-state index contributed by atoms with van der Waals surface area (Å²) in [5.41, 5.74) is 2.52. The number of benzene rings is 1. The van der Waals surface area contributed by atoms with E-state index in [0.717, 1.165) is 10.8 Å². The minimum absolute atomic E-state index is 0.279. The molecule has 0 aliphatic heterocycles. The molecule has 5 nitrogen and oxygen atoms in total. The van der Waals surface area contributed by atoms with Gasteiger partial charge in [-0.2, -0.15) is 0 Å². The predicted octanol–water partition coefficient (Wildman–Crippen LogP) is 4.03. The molecule has 2 aromatic heterocycles. The van der Waals surface area contributed by atoms with E-state index in [9.17, 15) is 4.79 Å². The monoisotopic (exact) mass is 314 g/mol. The van der Waals surface area contributed by atoms with Crippen molar-refractivity contribution >= 4 is 21.9 Å². The minimum Gasteiger partial charge on any atom is -0.495 e. The van der Waals surface area contributed by atoms with Crippen LogP contribution in [0.5, 0.6) is 5.75 Å². The molecule has 3 aromatic rings. The van der Waals surface area contributed by atoms with Gasteiger partial charge in [-0.15, -0.1) is 0 Å². The van der Waals surface area contributed by atoms with Crippen LogP contribution in [-0.2, 0) is 11.3 Å². The lowest BCUT2D eigenvalue weighted by atomic mass is 10.1. The first-order chi connectivity index (χ1) is 11.1. The number of rotatable bonds is 5. The molecule has 0 aliphatic rings. The lowest BCUT2D eigenvalue weighted by Crippen LogP contribution is -2.01. The fraction of sp³-hybridized carbons (Fsp3) is 0.278. The van der Waals surface area contributed by atoms with Gasteiger partial charge in [-0.1, -0.05) is 11.6 Å². The molecule has 2 heterocycles. The quantitative estimate of drug-likeness (QED) is 0.404. The van der Waals surface area contributed by atoms with Gasteiger partial charge in [-0.05, 0) is 26.0 Å². The molecule has 1 aromatic carbocycles. The molecule has 120 valence electrons. The van der Waals surface area contributed by atoms with Gasteiger partial charge in [0, 0.05) is 6.07 Å². The van der Waals surface area contributed by atoms with Crippen LogP contribution in [0.4, 0.5) is 0 Å². The molecule has 0 aliphatic carbocycles. The highest BCUT2D eigenvalue weighted by atomic mass is 16.5. The highest BCUT2D eigenvalue weighted by Gasteiger charge is 2.19. The van der Waals surface area contributed by atoms with E-state index in [-0.39, 0.29) is 6.61 Å². The number of hydrogen-bond acceptors (Lipinski definition) is 5. The smallest absolute Gasteiger partial charge is 0.336 e. The van der Waals surface area contributed by atoms with Gasteiger partial charge < -0.3 is 18.3 Å². The summed E-state index contributed by atoms with van der Waals surface area (Å²) in [4.78, 5) is 11.6. The summed E-state index contributed by atoms with van der Waals surface area (Å²) in [6.45, 7) is 4.78. The van der Waals surface area contributed by atoms with E-state index in [1.54, 1.807) is 19.4 Å². The van der Waals surface area contributed by atoms with Gasteiger partial charge in [0.15, 0.2) is 5.58 Å². The Bertz CT molecular complexity index is 926. The fourth-order valence-corrected chi connectivity index (χ4v) is 2.53. The van der Waals surface area contributed by atoms with Crippen LogP contribution in [-0.4, -0.2) is 13.7 Å². The SMILES string of the molecule is COc1c2ccoc2c(COCC=C(C)C)c2oc(=O)ccc12. The van der Waals surface area contributed by atoms with E-state index < -0.39 is 5.63 Å². The number of hydrogen-bond donors (Lipinski definition) is 0. The molecule has 0 saturated carbocycles. The van der Waals surface area contributed by atoms with E-state index in [2.05, 4.69) is 0 Å². The van der Waals surface area contributed by atoms with Crippen molar-refractivity contribution in [2.75, 3.05) is 13.7 Å². The Hall–Kier alpha value is -2.53. The fourth-order valence-electron chi connectivity index (χ4n) is 2.53. The molecular weight excluding hydrogens is 296 g/mol. The predicted molar refractivity (Wildman–Crippen MR) is 87.9 cm³/mol. The van der Waals surface area contributed by atoms with Crippen LogP contribution < -0.4 is 10.4 Å². The van der Waals surface area contributed by atoms with Crippen molar-refractivity contribution in [1.29, 1.82) is 0 Å². The molecule has 0 N–H and O–H groups in total. The zero-order valence-electron chi connectivity index (χ0n) is 13.3. The van der Waals surface area contributed by atoms with E-state index in [1.807, 2.05) is 26.0 Å². The van der Waals surface area contributed by atoms with Crippen molar-refractivity contribution in [1.82, 2.24) is 0 Å². The summed E-state index contributed by atoms with van der Waals surface area (Å²) in [6, 6.07) is 4.91. The number of methoxy groups -OCH3 is 1. The Labute approximate surface area is 133 Å². The summed E-state index contributed by atoms with van der Waals surface area (Å²) in [5, 5.41) is 1.55. The van der Waals surface area contributed by atoms with Crippen LogP contribution in [0.1, 0.15) is 19.4 Å². The third-order valence-electron chi connectivity index (χ3n) is 3.60. The lowest BCUT2D eigenvalue weighted by Gasteiger charge is -2.11. The maximum absolute atomic E-state index is 11.6. The first-order valence-corrected chi connectivity index (χ1v) is 7.33. The van der Waals surface area contributed by atoms with Crippen LogP contribution in [0, 0.1) is 0 Å². The standard InChI is InChI=1S/C18H18O5/c1-11(2)6-8-21-10-14-17-13(7-9-22-17)16(20-3)12-4-5-15(19)23-18(12)14/h4-7,9H,8,10H2,1-3H3. The highest BCUT2D eigenvalue weighted by Crippen LogP contribution is 2.38. The van der Waals surface area contributed by atoms with Crippen LogP contribution in [0.25, 0.3) is 21.9 Å². The molecule has 0 bridgehead atoms. The zero-order valence-corrected chi connectivity index (χ0v) is 13.3. The van der Waals surface area contributed by atoms with E-state index >= 15 is 0 Å². The summed E-state index contributed by atoms with van der Waals surface area (Å²) in [6.07, 6.45) is 3.57. The Balaban J connectivity index is 2.16.